The van der Waals surface area contributed by atoms with Crippen molar-refractivity contribution >= 4 is 5.97 Å². The number of rotatable bonds is 7. The topological polar surface area (TPSA) is 58.6 Å². The van der Waals surface area contributed by atoms with Crippen LogP contribution in [-0.4, -0.2) is 30.3 Å². The summed E-state index contributed by atoms with van der Waals surface area (Å²) >= 11 is 0. The first-order valence-electron chi connectivity index (χ1n) is 7.62. The van der Waals surface area contributed by atoms with E-state index in [1.807, 2.05) is 24.3 Å². The molecule has 1 fully saturated rings. The molecule has 2 N–H and O–H groups in total. The number of methoxy groups -OCH3 is 1. The van der Waals surface area contributed by atoms with Crippen LogP contribution in [0.5, 0.6) is 0 Å². The Kier molecular flexibility index (Phi) is 5.37. The van der Waals surface area contributed by atoms with Crippen LogP contribution < -0.4 is 5.32 Å². The van der Waals surface area contributed by atoms with Crippen molar-refractivity contribution in [3.8, 4) is 0 Å². The zero-order valence-electron chi connectivity index (χ0n) is 13.0. The summed E-state index contributed by atoms with van der Waals surface area (Å²) < 4.78 is 4.73. The maximum absolute atomic E-state index is 11.5. The monoisotopic (exact) mass is 291 g/mol. The van der Waals surface area contributed by atoms with Gasteiger partial charge in [0, 0.05) is 12.1 Å². The summed E-state index contributed by atoms with van der Waals surface area (Å²) in [4.78, 5) is 11.5. The summed E-state index contributed by atoms with van der Waals surface area (Å²) in [6.07, 6.45) is 1.69. The first kappa shape index (κ1) is 16.0. The van der Waals surface area contributed by atoms with Crippen LogP contribution in [0.2, 0.25) is 0 Å². The Hall–Kier alpha value is -1.39. The average molecular weight is 291 g/mol. The van der Waals surface area contributed by atoms with Gasteiger partial charge in [0.05, 0.1) is 19.6 Å². The fourth-order valence-corrected chi connectivity index (χ4v) is 2.39. The highest BCUT2D eigenvalue weighted by atomic mass is 16.5. The third-order valence-electron chi connectivity index (χ3n) is 3.97. The molecule has 0 heterocycles. The van der Waals surface area contributed by atoms with Crippen LogP contribution in [0.3, 0.4) is 0 Å². The molecule has 116 valence electrons. The molecule has 0 aromatic heterocycles. The van der Waals surface area contributed by atoms with Gasteiger partial charge in [-0.3, -0.25) is 4.79 Å². The molecular weight excluding hydrogens is 266 g/mol. The number of hydrogen-bond acceptors (Lipinski definition) is 4. The van der Waals surface area contributed by atoms with E-state index in [0.29, 0.717) is 12.0 Å². The zero-order valence-corrected chi connectivity index (χ0v) is 13.0. The van der Waals surface area contributed by atoms with Crippen molar-refractivity contribution in [1.29, 1.82) is 0 Å². The summed E-state index contributed by atoms with van der Waals surface area (Å²) in [7, 11) is 1.38. The van der Waals surface area contributed by atoms with Gasteiger partial charge in [0.15, 0.2) is 0 Å². The molecule has 0 aliphatic heterocycles. The number of aliphatic hydroxyl groups excluding tert-OH is 1. The van der Waals surface area contributed by atoms with E-state index in [0.717, 1.165) is 18.4 Å². The van der Waals surface area contributed by atoms with Crippen LogP contribution in [0, 0.1) is 0 Å². The van der Waals surface area contributed by atoms with Gasteiger partial charge in [-0.2, -0.15) is 0 Å². The predicted molar refractivity (Wildman–Crippen MR) is 82.1 cm³/mol. The largest absolute Gasteiger partial charge is 0.469 e. The Labute approximate surface area is 126 Å². The Bertz CT molecular complexity index is 465. The highest BCUT2D eigenvalue weighted by Crippen LogP contribution is 2.26. The maximum Gasteiger partial charge on any atom is 0.307 e. The number of carbonyl (C=O) groups is 1. The third-order valence-corrected chi connectivity index (χ3v) is 3.97. The normalized spacial score (nSPS) is 17.6. The lowest BCUT2D eigenvalue weighted by Crippen LogP contribution is -2.38. The second-order valence-electron chi connectivity index (χ2n) is 6.09. The Morgan fingerprint density at radius 1 is 1.29 bits per heavy atom. The molecule has 0 spiro atoms. The van der Waals surface area contributed by atoms with Crippen molar-refractivity contribution in [2.24, 2.45) is 0 Å². The molecule has 0 bridgehead atoms. The van der Waals surface area contributed by atoms with Crippen molar-refractivity contribution in [1.82, 2.24) is 5.32 Å². The van der Waals surface area contributed by atoms with Gasteiger partial charge in [-0.05, 0) is 29.9 Å². The lowest BCUT2D eigenvalue weighted by atomic mass is 9.96. The van der Waals surface area contributed by atoms with E-state index in [4.69, 9.17) is 4.74 Å². The van der Waals surface area contributed by atoms with E-state index in [9.17, 15) is 9.90 Å². The summed E-state index contributed by atoms with van der Waals surface area (Å²) in [5.41, 5.74) is 2.08. The highest BCUT2D eigenvalue weighted by Gasteiger charge is 2.30. The minimum atomic E-state index is -0.703. The minimum absolute atomic E-state index is 0.181. The standard InChI is InChI=1S/C17H25NO3/c1-11(2)12-4-6-13(7-5-12)17(20)15(10-16(19)21-3)18-14-8-9-14/h4-7,11,14-15,17-18,20H,8-10H2,1-3H3. The van der Waals surface area contributed by atoms with Crippen molar-refractivity contribution in [3.05, 3.63) is 35.4 Å². The molecule has 1 aliphatic rings. The van der Waals surface area contributed by atoms with E-state index in [-0.39, 0.29) is 18.4 Å². The van der Waals surface area contributed by atoms with Gasteiger partial charge in [-0.25, -0.2) is 0 Å². The van der Waals surface area contributed by atoms with Gasteiger partial charge in [0.25, 0.3) is 0 Å². The Morgan fingerprint density at radius 2 is 1.86 bits per heavy atom. The molecule has 2 rings (SSSR count). The molecular formula is C17H25NO3. The molecule has 2 atom stereocenters. The quantitative estimate of drug-likeness (QED) is 0.758. The van der Waals surface area contributed by atoms with Crippen molar-refractivity contribution in [2.75, 3.05) is 7.11 Å². The first-order valence-corrected chi connectivity index (χ1v) is 7.62. The molecule has 1 aromatic carbocycles. The molecule has 21 heavy (non-hydrogen) atoms. The molecule has 1 aromatic rings. The second kappa shape index (κ2) is 7.05. The molecule has 4 nitrogen and oxygen atoms in total. The number of hydrogen-bond donors (Lipinski definition) is 2. The Morgan fingerprint density at radius 3 is 2.33 bits per heavy atom. The van der Waals surface area contributed by atoms with Gasteiger partial charge < -0.3 is 15.2 Å². The number of ether oxygens (including phenoxy) is 1. The second-order valence-corrected chi connectivity index (χ2v) is 6.09. The van der Waals surface area contributed by atoms with Gasteiger partial charge in [-0.1, -0.05) is 38.1 Å². The number of benzene rings is 1. The molecule has 0 radical (unpaired) electrons. The van der Waals surface area contributed by atoms with Crippen LogP contribution >= 0.6 is 0 Å². The summed E-state index contributed by atoms with van der Waals surface area (Å²) in [6, 6.07) is 8.09. The molecule has 0 saturated heterocycles. The van der Waals surface area contributed by atoms with Crippen molar-refractivity contribution in [2.45, 2.75) is 57.2 Å². The van der Waals surface area contributed by atoms with Gasteiger partial charge >= 0.3 is 5.97 Å². The lowest BCUT2D eigenvalue weighted by molar-refractivity contribution is -0.142. The number of esters is 1. The van der Waals surface area contributed by atoms with Crippen LogP contribution in [0.15, 0.2) is 24.3 Å². The van der Waals surface area contributed by atoms with Crippen LogP contribution in [0.4, 0.5) is 0 Å². The van der Waals surface area contributed by atoms with Crippen molar-refractivity contribution < 1.29 is 14.6 Å². The van der Waals surface area contributed by atoms with Gasteiger partial charge in [0.2, 0.25) is 0 Å². The van der Waals surface area contributed by atoms with E-state index in [1.165, 1.54) is 12.7 Å². The molecule has 0 amide bonds. The molecule has 2 unspecified atom stereocenters. The maximum atomic E-state index is 11.5. The van der Waals surface area contributed by atoms with Crippen LogP contribution in [-0.2, 0) is 9.53 Å². The molecule has 1 aliphatic carbocycles. The third kappa shape index (κ3) is 4.55. The van der Waals surface area contributed by atoms with Gasteiger partial charge in [-0.15, -0.1) is 0 Å². The number of aliphatic hydroxyl groups is 1. The number of nitrogens with one attached hydrogen (secondary N) is 1. The van der Waals surface area contributed by atoms with Crippen LogP contribution in [0.1, 0.15) is 56.3 Å². The van der Waals surface area contributed by atoms with Crippen LogP contribution in [0.25, 0.3) is 0 Å². The van der Waals surface area contributed by atoms with E-state index >= 15 is 0 Å². The molecule has 4 heteroatoms. The van der Waals surface area contributed by atoms with Crippen molar-refractivity contribution in [3.63, 3.8) is 0 Å². The predicted octanol–water partition coefficient (Wildman–Crippen LogP) is 2.53. The van der Waals surface area contributed by atoms with E-state index in [2.05, 4.69) is 19.2 Å². The number of carbonyl (C=O) groups excluding carboxylic acids is 1. The van der Waals surface area contributed by atoms with Gasteiger partial charge in [0.1, 0.15) is 0 Å². The fourth-order valence-electron chi connectivity index (χ4n) is 2.39. The first-order chi connectivity index (χ1) is 10.0. The minimum Gasteiger partial charge on any atom is -0.469 e. The Balaban J connectivity index is 2.07. The summed E-state index contributed by atoms with van der Waals surface area (Å²) in [5, 5.41) is 13.9. The summed E-state index contributed by atoms with van der Waals surface area (Å²) in [5.74, 6) is 0.164. The van der Waals surface area contributed by atoms with E-state index < -0.39 is 6.10 Å². The zero-order chi connectivity index (χ0) is 15.4. The fraction of sp³-hybridized carbons (Fsp3) is 0.588. The van der Waals surface area contributed by atoms with E-state index in [1.54, 1.807) is 0 Å². The summed E-state index contributed by atoms with van der Waals surface area (Å²) in [6.45, 7) is 4.28. The average Bonchev–Trinajstić information content (AvgIpc) is 3.29. The lowest BCUT2D eigenvalue weighted by Gasteiger charge is -2.24. The molecule has 1 saturated carbocycles. The SMILES string of the molecule is COC(=O)CC(NC1CC1)C(O)c1ccc(C(C)C)cc1. The smallest absolute Gasteiger partial charge is 0.307 e. The highest BCUT2D eigenvalue weighted by molar-refractivity contribution is 5.70.